The molecular weight excluding hydrogens is 739 g/mol. The van der Waals surface area contributed by atoms with Crippen LogP contribution in [0.4, 0.5) is 0 Å². The molecule has 3 aromatic rings. The lowest BCUT2D eigenvalue weighted by Crippen LogP contribution is -2.45. The summed E-state index contributed by atoms with van der Waals surface area (Å²) in [5.41, 5.74) is 14.0. The van der Waals surface area contributed by atoms with Crippen molar-refractivity contribution in [2.45, 2.75) is 138 Å². The van der Waals surface area contributed by atoms with E-state index in [1.54, 1.807) is 16.7 Å². The number of hydrogen-bond acceptors (Lipinski definition) is 2. The average Bonchev–Trinajstić information content (AvgIpc) is 3.97. The second-order valence-corrected chi connectivity index (χ2v) is 20.8. The summed E-state index contributed by atoms with van der Waals surface area (Å²) in [7, 11) is 0. The predicted molar refractivity (Wildman–Crippen MR) is 250 cm³/mol. The number of nitrogens with zero attached hydrogens (tertiary/aromatic N) is 1. The molecule has 61 heavy (non-hydrogen) atoms. The van der Waals surface area contributed by atoms with Gasteiger partial charge in [-0.15, -0.1) is 0 Å². The van der Waals surface area contributed by atoms with Gasteiger partial charge >= 0.3 is 0 Å². The predicted octanol–water partition coefficient (Wildman–Crippen LogP) is 14.6. The Morgan fingerprint density at radius 3 is 2.44 bits per heavy atom. The fourth-order valence-electron chi connectivity index (χ4n) is 15.9. The van der Waals surface area contributed by atoms with E-state index in [4.69, 9.17) is 4.42 Å². The van der Waals surface area contributed by atoms with Gasteiger partial charge in [0.1, 0.15) is 11.5 Å². The van der Waals surface area contributed by atoms with Crippen LogP contribution in [0.1, 0.15) is 159 Å². The van der Waals surface area contributed by atoms with Crippen LogP contribution < -0.4 is 0 Å². The van der Waals surface area contributed by atoms with E-state index in [0.717, 1.165) is 74.5 Å². The molecular formula is C59H63NO. The highest BCUT2D eigenvalue weighted by molar-refractivity contribution is 5.77. The normalized spacial score (nSPS) is 36.3. The summed E-state index contributed by atoms with van der Waals surface area (Å²) < 4.78 is 7.28. The molecule has 1 spiro atoms. The molecule has 0 radical (unpaired) electrons. The van der Waals surface area contributed by atoms with E-state index in [1.807, 2.05) is 0 Å². The molecule has 13 rings (SSSR count). The molecule has 11 unspecified atom stereocenters. The third-order valence-electron chi connectivity index (χ3n) is 18.2. The van der Waals surface area contributed by atoms with Crippen molar-refractivity contribution in [3.8, 4) is 0 Å². The maximum absolute atomic E-state index is 7.28. The molecule has 0 aliphatic heterocycles. The van der Waals surface area contributed by atoms with Crippen LogP contribution in [-0.2, 0) is 11.8 Å². The van der Waals surface area contributed by atoms with E-state index in [1.165, 1.54) is 103 Å². The molecule has 2 heteroatoms. The van der Waals surface area contributed by atoms with Gasteiger partial charge in [0.2, 0.25) is 0 Å². The first-order valence-corrected chi connectivity index (χ1v) is 24.9. The molecule has 10 aliphatic carbocycles. The molecule has 0 saturated heterocycles. The summed E-state index contributed by atoms with van der Waals surface area (Å²) in [6.07, 6.45) is 52.9. The minimum absolute atomic E-state index is 0.263. The van der Waals surface area contributed by atoms with Gasteiger partial charge in [0, 0.05) is 34.5 Å². The van der Waals surface area contributed by atoms with Gasteiger partial charge in [0.05, 0.1) is 6.04 Å². The minimum Gasteiger partial charge on any atom is -0.463 e. The van der Waals surface area contributed by atoms with Gasteiger partial charge in [-0.25, -0.2) is 0 Å². The first kappa shape index (κ1) is 37.2. The quantitative estimate of drug-likeness (QED) is 0.256. The Labute approximate surface area is 364 Å². The molecule has 0 bridgehead atoms. The molecule has 1 heterocycles. The SMILES string of the molecule is C1=CC2C3CCCCC3C3(c4cc(C5=CCC(N(C6C=C7CCC=CC7=CC6)C6CCCc7c6oc6c7C=CCC6c6ccccc6)C=C5)ccc4C4CCCCC43)C2C=C1. The van der Waals surface area contributed by atoms with Crippen molar-refractivity contribution in [1.82, 2.24) is 4.90 Å². The van der Waals surface area contributed by atoms with E-state index in [2.05, 4.69) is 132 Å². The molecule has 2 nitrogen and oxygen atoms in total. The molecule has 11 atom stereocenters. The lowest BCUT2D eigenvalue weighted by Gasteiger charge is -2.47. The molecule has 3 fully saturated rings. The van der Waals surface area contributed by atoms with Crippen LogP contribution in [0.15, 0.2) is 137 Å². The van der Waals surface area contributed by atoms with Crippen LogP contribution in [0, 0.1) is 29.6 Å². The van der Waals surface area contributed by atoms with Crippen molar-refractivity contribution >= 4 is 11.6 Å². The van der Waals surface area contributed by atoms with Gasteiger partial charge in [-0.2, -0.15) is 0 Å². The average molecular weight is 802 g/mol. The van der Waals surface area contributed by atoms with Crippen LogP contribution in [-0.4, -0.2) is 17.0 Å². The number of benzene rings is 2. The topological polar surface area (TPSA) is 16.4 Å². The standard InChI is InChI=1S/C59H63NO/c1-2-15-40(16-3-1)45-21-12-22-50-51-23-13-27-56(58(51)61-57(45)50)60(44-34-30-38-14-4-5-17-41(38)36-44)43-32-28-39(29-33-43)42-31-35-49-48-20-8-11-26-54(48)59(55(49)37-42)52-24-9-6-18-46(52)47-19-7-10-25-53(47)59/h1-4,6,9,12,14-16,18,22,24,28-32,35-37,43-48,52-54,56H,5,7-8,10-11,13,17,19-21,23,25-27,33-34H2. The van der Waals surface area contributed by atoms with E-state index < -0.39 is 0 Å². The Morgan fingerprint density at radius 2 is 1.52 bits per heavy atom. The van der Waals surface area contributed by atoms with Gasteiger partial charge in [-0.1, -0.05) is 153 Å². The fraction of sp³-hybridized carbons (Fsp3) is 0.458. The summed E-state index contributed by atoms with van der Waals surface area (Å²) in [6.45, 7) is 0. The van der Waals surface area contributed by atoms with Crippen molar-refractivity contribution in [2.75, 3.05) is 0 Å². The third-order valence-corrected chi connectivity index (χ3v) is 18.2. The number of furan rings is 1. The smallest absolute Gasteiger partial charge is 0.125 e. The Morgan fingerprint density at radius 1 is 0.672 bits per heavy atom. The zero-order chi connectivity index (χ0) is 40.1. The fourth-order valence-corrected chi connectivity index (χ4v) is 15.9. The molecule has 2 aromatic carbocycles. The van der Waals surface area contributed by atoms with Gasteiger partial charge in [0.15, 0.2) is 0 Å². The van der Waals surface area contributed by atoms with Crippen LogP contribution in [0.3, 0.4) is 0 Å². The second-order valence-electron chi connectivity index (χ2n) is 20.8. The van der Waals surface area contributed by atoms with E-state index >= 15 is 0 Å². The van der Waals surface area contributed by atoms with Gasteiger partial charge in [-0.05, 0) is 152 Å². The Hall–Kier alpha value is -4.40. The lowest BCUT2D eigenvalue weighted by molar-refractivity contribution is 0.0931. The second kappa shape index (κ2) is 14.9. The molecule has 0 N–H and O–H groups in total. The zero-order valence-corrected chi connectivity index (χ0v) is 36.1. The number of allylic oxidation sites excluding steroid dienone is 11. The Balaban J connectivity index is 0.865. The number of hydrogen-bond donors (Lipinski definition) is 0. The van der Waals surface area contributed by atoms with E-state index in [0.29, 0.717) is 23.4 Å². The van der Waals surface area contributed by atoms with Gasteiger partial charge in [-0.3, -0.25) is 4.90 Å². The maximum Gasteiger partial charge on any atom is 0.125 e. The largest absolute Gasteiger partial charge is 0.463 e. The first-order chi connectivity index (χ1) is 30.3. The van der Waals surface area contributed by atoms with Crippen molar-refractivity contribution in [1.29, 1.82) is 0 Å². The van der Waals surface area contributed by atoms with Crippen molar-refractivity contribution in [3.05, 3.63) is 177 Å². The van der Waals surface area contributed by atoms with Gasteiger partial charge < -0.3 is 4.42 Å². The molecule has 1 aromatic heterocycles. The third kappa shape index (κ3) is 5.69. The van der Waals surface area contributed by atoms with Crippen LogP contribution in [0.25, 0.3) is 11.6 Å². The maximum atomic E-state index is 7.28. The molecule has 3 saturated carbocycles. The lowest BCUT2D eigenvalue weighted by atomic mass is 9.56. The van der Waals surface area contributed by atoms with Crippen LogP contribution >= 0.6 is 0 Å². The van der Waals surface area contributed by atoms with Crippen LogP contribution in [0.2, 0.25) is 0 Å². The summed E-state index contributed by atoms with van der Waals surface area (Å²) in [6, 6.07) is 20.0. The number of fused-ring (bicyclic) bond motifs is 14. The molecule has 10 aliphatic rings. The van der Waals surface area contributed by atoms with Crippen molar-refractivity contribution in [2.24, 2.45) is 29.6 Å². The Kier molecular flexibility index (Phi) is 9.06. The highest BCUT2D eigenvalue weighted by Gasteiger charge is 2.67. The summed E-state index contributed by atoms with van der Waals surface area (Å²) >= 11 is 0. The van der Waals surface area contributed by atoms with Crippen LogP contribution in [0.5, 0.6) is 0 Å². The van der Waals surface area contributed by atoms with Crippen molar-refractivity contribution in [3.63, 3.8) is 0 Å². The summed E-state index contributed by atoms with van der Waals surface area (Å²) in [4.78, 5) is 2.92. The molecule has 0 amide bonds. The monoisotopic (exact) mass is 801 g/mol. The van der Waals surface area contributed by atoms with Crippen molar-refractivity contribution < 1.29 is 4.42 Å². The molecule has 310 valence electrons. The minimum atomic E-state index is 0.263. The van der Waals surface area contributed by atoms with E-state index in [-0.39, 0.29) is 12.0 Å². The number of rotatable bonds is 5. The summed E-state index contributed by atoms with van der Waals surface area (Å²) in [5, 5.41) is 0. The van der Waals surface area contributed by atoms with Gasteiger partial charge in [0.25, 0.3) is 0 Å². The Bertz CT molecular complexity index is 2480. The highest BCUT2D eigenvalue weighted by atomic mass is 16.3. The zero-order valence-electron chi connectivity index (χ0n) is 36.1. The van der Waals surface area contributed by atoms with E-state index in [9.17, 15) is 0 Å². The highest BCUT2D eigenvalue weighted by Crippen LogP contribution is 2.72. The summed E-state index contributed by atoms with van der Waals surface area (Å²) in [5.74, 6) is 7.36. The first-order valence-electron chi connectivity index (χ1n) is 24.9.